The fraction of sp³-hybridized carbons (Fsp3) is 0.617. The Hall–Kier alpha value is -4.15. The summed E-state index contributed by atoms with van der Waals surface area (Å²) in [5, 5.41) is 42.0. The number of benzene rings is 2. The van der Waals surface area contributed by atoms with E-state index in [1.165, 1.54) is 21.3 Å². The molecular weight excluding hydrogens is 875 g/mol. The monoisotopic (exact) mass is 939 g/mol. The minimum Gasteiger partial charge on any atom is -0.496 e. The van der Waals surface area contributed by atoms with Crippen LogP contribution in [-0.2, 0) is 51.4 Å². The molecule has 5 aliphatic heterocycles. The standard InChI is InChI=1S/C47H63N5O9.H2O4S/c1-8-43(56)23-28-24-46(42(55)61-7,37-30(15-19-51(26-28)27-43)29-13-10-11-14-33(29)49-37)32-21-31-34(22-35(32)58-4)50(3)39-45(31)17-20-52-18-12-16-44(9-2,38(45)52)40(53)47(39,57)41(54)48-25-36(59-5)60-6;1-5(2,3)4/h10-14,16,21-22,28,36,38-40,49,53,56-57H,8-9,15,17-20,23-27H2,1-7H3,(H,48,54);(H2,1,2,3,4)/t28-,38+,39-,40-,43+,44-,45-,46+,47+;/m1./s1. The largest absolute Gasteiger partial charge is 0.496 e. The maximum Gasteiger partial charge on any atom is 0.394 e. The summed E-state index contributed by atoms with van der Waals surface area (Å²) in [6.07, 6.45) is 4.96. The van der Waals surface area contributed by atoms with E-state index >= 15 is 4.79 Å². The number of carbonyl (C=O) groups excluding carboxylic acids is 2. The first-order valence-electron chi connectivity index (χ1n) is 22.7. The van der Waals surface area contributed by atoms with Crippen LogP contribution in [0.2, 0.25) is 0 Å². The van der Waals surface area contributed by atoms with E-state index in [4.69, 9.17) is 36.5 Å². The molecule has 3 fully saturated rings. The van der Waals surface area contributed by atoms with Crippen molar-refractivity contribution < 1.29 is 61.4 Å². The Bertz CT molecular complexity index is 2490. The second-order valence-electron chi connectivity index (χ2n) is 19.2. The third-order valence-corrected chi connectivity index (χ3v) is 16.2. The van der Waals surface area contributed by atoms with Crippen LogP contribution in [0.5, 0.6) is 5.75 Å². The molecule has 2 bridgehead atoms. The first kappa shape index (κ1) is 48.3. The third-order valence-electron chi connectivity index (χ3n) is 16.2. The van der Waals surface area contributed by atoms with Gasteiger partial charge in [-0.1, -0.05) is 44.2 Å². The number of hydrogen-bond acceptors (Lipinski definition) is 14. The molecule has 6 aliphatic rings. The quantitative estimate of drug-likeness (QED) is 0.0668. The number of rotatable bonds is 10. The number of nitrogens with zero attached hydrogens (tertiary/aromatic N) is 3. The lowest BCUT2D eigenvalue weighted by atomic mass is 9.47. The van der Waals surface area contributed by atoms with E-state index in [0.717, 1.165) is 33.4 Å². The highest BCUT2D eigenvalue weighted by Gasteiger charge is 2.78. The van der Waals surface area contributed by atoms with Crippen molar-refractivity contribution in [2.24, 2.45) is 11.3 Å². The summed E-state index contributed by atoms with van der Waals surface area (Å²) in [7, 11) is 3.22. The van der Waals surface area contributed by atoms with E-state index < -0.39 is 68.2 Å². The molecule has 1 saturated carbocycles. The first-order chi connectivity index (χ1) is 31.3. The Balaban J connectivity index is 0.00000112. The van der Waals surface area contributed by atoms with Crippen LogP contribution < -0.4 is 15.0 Å². The highest BCUT2D eigenvalue weighted by molar-refractivity contribution is 7.79. The van der Waals surface area contributed by atoms with Crippen LogP contribution in [0.25, 0.3) is 10.9 Å². The number of aromatic amines is 1. The third kappa shape index (κ3) is 7.27. The molecule has 362 valence electrons. The van der Waals surface area contributed by atoms with E-state index in [9.17, 15) is 20.1 Å². The molecule has 10 atom stereocenters. The van der Waals surface area contributed by atoms with E-state index in [1.807, 2.05) is 56.1 Å². The van der Waals surface area contributed by atoms with Crippen LogP contribution in [-0.4, -0.2) is 170 Å². The molecule has 1 aliphatic carbocycles. The summed E-state index contributed by atoms with van der Waals surface area (Å²) in [6, 6.07) is 11.0. The van der Waals surface area contributed by atoms with Crippen molar-refractivity contribution in [2.45, 2.75) is 98.9 Å². The SMILES string of the molecule is CC[C@]1(O)C[C@H]2CN(CCc3c([nH]c4ccccc34)[C@@](C(=O)OC)(c3cc4c(cc3OC)N(C)[C@H]3[C@@](O)(C(=O)NCC(OC)OC)[C@H](O)[C@]5(CC)C=CCN6CC[C@]43[C@@H]65)C2)C1.O=S(=O)(O)O. The summed E-state index contributed by atoms with van der Waals surface area (Å²) in [5.41, 5.74) is -1.61. The molecule has 1 unspecified atom stereocenters. The molecule has 3 aromatic rings. The van der Waals surface area contributed by atoms with Gasteiger partial charge in [0.05, 0.1) is 32.4 Å². The smallest absolute Gasteiger partial charge is 0.394 e. The zero-order valence-electron chi connectivity index (χ0n) is 38.7. The number of H-pyrrole nitrogens is 1. The maximum absolute atomic E-state index is 15.4. The average Bonchev–Trinajstić information content (AvgIpc) is 3.96. The number of methoxy groups -OCH3 is 4. The average molecular weight is 940 g/mol. The molecule has 19 heteroatoms. The van der Waals surface area contributed by atoms with Crippen molar-refractivity contribution in [3.05, 3.63) is 70.9 Å². The number of carbonyl (C=O) groups is 2. The van der Waals surface area contributed by atoms with Gasteiger partial charge in [-0.25, -0.2) is 0 Å². The normalized spacial score (nSPS) is 34.5. The van der Waals surface area contributed by atoms with Crippen molar-refractivity contribution in [3.63, 3.8) is 0 Å². The fourth-order valence-electron chi connectivity index (χ4n) is 13.6. The van der Waals surface area contributed by atoms with Gasteiger partial charge in [-0.3, -0.25) is 28.5 Å². The first-order valence-corrected chi connectivity index (χ1v) is 24.1. The van der Waals surface area contributed by atoms with Gasteiger partial charge in [-0.2, -0.15) is 8.42 Å². The molecule has 2 aromatic carbocycles. The molecule has 9 rings (SSSR count). The minimum atomic E-state index is -4.67. The second-order valence-corrected chi connectivity index (χ2v) is 20.1. The van der Waals surface area contributed by atoms with Crippen molar-refractivity contribution in [1.82, 2.24) is 20.1 Å². The van der Waals surface area contributed by atoms with Crippen LogP contribution in [0.3, 0.4) is 0 Å². The number of nitrogens with one attached hydrogen (secondary N) is 2. The number of ether oxygens (including phenoxy) is 4. The van der Waals surface area contributed by atoms with Crippen molar-refractivity contribution in [3.8, 4) is 5.75 Å². The van der Waals surface area contributed by atoms with Crippen LogP contribution in [0.15, 0.2) is 48.6 Å². The molecule has 1 spiro atoms. The van der Waals surface area contributed by atoms with Crippen molar-refractivity contribution in [1.29, 1.82) is 0 Å². The van der Waals surface area contributed by atoms with Gasteiger partial charge < -0.3 is 49.5 Å². The summed E-state index contributed by atoms with van der Waals surface area (Å²) < 4.78 is 54.7. The van der Waals surface area contributed by atoms with Gasteiger partial charge in [0.1, 0.15) is 17.3 Å². The zero-order chi connectivity index (χ0) is 47.8. The molecule has 7 N–H and O–H groups in total. The summed E-state index contributed by atoms with van der Waals surface area (Å²) in [6.45, 7) is 7.31. The number of likely N-dealkylation sites (N-methyl/N-ethyl adjacent to an activating group) is 1. The number of anilines is 1. The van der Waals surface area contributed by atoms with Gasteiger partial charge in [0.25, 0.3) is 5.91 Å². The van der Waals surface area contributed by atoms with Crippen LogP contribution >= 0.6 is 0 Å². The Morgan fingerprint density at radius 2 is 1.70 bits per heavy atom. The molecular formula is C47H65N5O13S. The lowest BCUT2D eigenvalue weighted by Gasteiger charge is -2.63. The molecule has 66 heavy (non-hydrogen) atoms. The predicted octanol–water partition coefficient (Wildman–Crippen LogP) is 2.33. The minimum absolute atomic E-state index is 0.0417. The number of piperidine rings is 1. The number of fused-ring (bicyclic) bond motifs is 6. The van der Waals surface area contributed by atoms with E-state index in [0.29, 0.717) is 82.6 Å². The van der Waals surface area contributed by atoms with E-state index in [1.54, 1.807) is 7.11 Å². The van der Waals surface area contributed by atoms with E-state index in [-0.39, 0.29) is 18.5 Å². The van der Waals surface area contributed by atoms with Crippen molar-refractivity contribution in [2.75, 3.05) is 79.7 Å². The lowest BCUT2D eigenvalue weighted by molar-refractivity contribution is -0.204. The molecule has 6 heterocycles. The molecule has 2 saturated heterocycles. The van der Waals surface area contributed by atoms with E-state index in [2.05, 4.69) is 38.3 Å². The van der Waals surface area contributed by atoms with Crippen molar-refractivity contribution >= 4 is 38.9 Å². The zero-order valence-corrected chi connectivity index (χ0v) is 39.6. The fourth-order valence-corrected chi connectivity index (χ4v) is 13.6. The molecule has 1 aromatic heterocycles. The molecule has 18 nitrogen and oxygen atoms in total. The molecule has 1 amide bonds. The van der Waals surface area contributed by atoms with Gasteiger partial charge >= 0.3 is 16.4 Å². The van der Waals surface area contributed by atoms with Gasteiger partial charge in [-0.05, 0) is 74.2 Å². The predicted molar refractivity (Wildman–Crippen MR) is 244 cm³/mol. The lowest BCUT2D eigenvalue weighted by Crippen LogP contribution is -2.81. The number of aliphatic hydroxyl groups excluding tert-OH is 1. The Morgan fingerprint density at radius 3 is 2.35 bits per heavy atom. The Labute approximate surface area is 385 Å². The highest BCUT2D eigenvalue weighted by Crippen LogP contribution is 2.67. The Kier molecular flexibility index (Phi) is 12.8. The highest BCUT2D eigenvalue weighted by atomic mass is 32.3. The number of amides is 1. The maximum atomic E-state index is 15.4. The number of esters is 1. The van der Waals surface area contributed by atoms with Gasteiger partial charge in [0, 0.05) is 98.2 Å². The molecule has 0 radical (unpaired) electrons. The topological polar surface area (TPSA) is 244 Å². The summed E-state index contributed by atoms with van der Waals surface area (Å²) in [4.78, 5) is 40.6. The Morgan fingerprint density at radius 1 is 0.985 bits per heavy atom. The second kappa shape index (κ2) is 17.4. The van der Waals surface area contributed by atoms with Gasteiger partial charge in [0.15, 0.2) is 11.9 Å². The van der Waals surface area contributed by atoms with Gasteiger partial charge in [0.2, 0.25) is 0 Å². The number of aliphatic hydroxyl groups is 3. The van der Waals surface area contributed by atoms with Crippen LogP contribution in [0.4, 0.5) is 5.69 Å². The van der Waals surface area contributed by atoms with Crippen LogP contribution in [0, 0.1) is 11.3 Å². The summed E-state index contributed by atoms with van der Waals surface area (Å²) in [5.74, 6) is -0.781. The summed E-state index contributed by atoms with van der Waals surface area (Å²) >= 11 is 0. The number of aromatic nitrogens is 1. The number of para-hydroxylation sites is 1. The van der Waals surface area contributed by atoms with Crippen LogP contribution in [0.1, 0.15) is 68.3 Å². The van der Waals surface area contributed by atoms with Gasteiger partial charge in [-0.15, -0.1) is 0 Å². The number of hydrogen-bond donors (Lipinski definition) is 7.